The van der Waals surface area contributed by atoms with Gasteiger partial charge in [-0.3, -0.25) is 4.79 Å². The van der Waals surface area contributed by atoms with Crippen LogP contribution in [0.1, 0.15) is 17.3 Å². The molecular formula is C17H16ClNO5. The molecule has 0 aliphatic rings. The molecule has 7 heteroatoms. The van der Waals surface area contributed by atoms with Crippen LogP contribution in [0.2, 0.25) is 5.02 Å². The molecule has 0 aromatic heterocycles. The first-order chi connectivity index (χ1) is 11.4. The maximum Gasteiger partial charge on any atom is 0.342 e. The molecule has 0 aliphatic heterocycles. The average molecular weight is 350 g/mol. The second-order valence-corrected chi connectivity index (χ2v) is 5.36. The summed E-state index contributed by atoms with van der Waals surface area (Å²) in [6.07, 6.45) is -1.05. The first kappa shape index (κ1) is 17.6. The molecule has 0 heterocycles. The Bertz CT molecular complexity index is 745. The number of aromatic hydroxyl groups is 1. The van der Waals surface area contributed by atoms with E-state index in [-0.39, 0.29) is 16.3 Å². The predicted molar refractivity (Wildman–Crippen MR) is 89.6 cm³/mol. The number of benzene rings is 2. The fraction of sp³-hybridized carbons (Fsp3) is 0.176. The molecule has 24 heavy (non-hydrogen) atoms. The number of phenols is 1. The van der Waals surface area contributed by atoms with E-state index in [9.17, 15) is 14.7 Å². The van der Waals surface area contributed by atoms with Gasteiger partial charge in [0.2, 0.25) is 0 Å². The minimum atomic E-state index is -1.05. The lowest BCUT2D eigenvalue weighted by Gasteiger charge is -2.14. The highest BCUT2D eigenvalue weighted by molar-refractivity contribution is 6.30. The van der Waals surface area contributed by atoms with Crippen molar-refractivity contribution in [2.24, 2.45) is 0 Å². The summed E-state index contributed by atoms with van der Waals surface area (Å²) in [6, 6.07) is 10.7. The van der Waals surface area contributed by atoms with E-state index >= 15 is 0 Å². The molecule has 6 nitrogen and oxygen atoms in total. The van der Waals surface area contributed by atoms with Gasteiger partial charge in [0, 0.05) is 10.7 Å². The topological polar surface area (TPSA) is 84.9 Å². The molecule has 2 aromatic rings. The number of hydrogen-bond donors (Lipinski definition) is 2. The van der Waals surface area contributed by atoms with Gasteiger partial charge < -0.3 is 19.9 Å². The lowest BCUT2D eigenvalue weighted by molar-refractivity contribution is -0.123. The summed E-state index contributed by atoms with van der Waals surface area (Å²) in [6.45, 7) is 1.43. The number of hydrogen-bond acceptors (Lipinski definition) is 5. The van der Waals surface area contributed by atoms with E-state index in [1.165, 1.54) is 25.1 Å². The molecule has 126 valence electrons. The van der Waals surface area contributed by atoms with Gasteiger partial charge in [0.15, 0.2) is 6.10 Å². The number of amides is 1. The second-order valence-electron chi connectivity index (χ2n) is 4.93. The van der Waals surface area contributed by atoms with Gasteiger partial charge >= 0.3 is 5.97 Å². The van der Waals surface area contributed by atoms with Crippen molar-refractivity contribution in [3.63, 3.8) is 0 Å². The zero-order valence-electron chi connectivity index (χ0n) is 13.1. The third-order valence-electron chi connectivity index (χ3n) is 3.19. The van der Waals surface area contributed by atoms with E-state index in [1.54, 1.807) is 31.4 Å². The molecule has 2 aromatic carbocycles. The lowest BCUT2D eigenvalue weighted by Crippen LogP contribution is -2.30. The van der Waals surface area contributed by atoms with Crippen LogP contribution in [-0.2, 0) is 9.53 Å². The minimum absolute atomic E-state index is 0.0662. The van der Waals surface area contributed by atoms with Gasteiger partial charge in [-0.1, -0.05) is 11.6 Å². The standard InChI is InChI=1S/C17H16ClNO5/c1-10(16(21)19-12-4-6-13(23-2)7-5-12)24-17(22)14-8-3-11(18)9-15(14)20/h3-10,20H,1-2H3,(H,19,21)/t10-/m0/s1. The molecule has 0 bridgehead atoms. The number of halogens is 1. The second kappa shape index (κ2) is 7.70. The van der Waals surface area contributed by atoms with E-state index in [0.29, 0.717) is 11.4 Å². The highest BCUT2D eigenvalue weighted by atomic mass is 35.5. The largest absolute Gasteiger partial charge is 0.507 e. The van der Waals surface area contributed by atoms with Gasteiger partial charge in [-0.2, -0.15) is 0 Å². The smallest absolute Gasteiger partial charge is 0.342 e. The van der Waals surface area contributed by atoms with E-state index < -0.39 is 18.0 Å². The molecule has 1 amide bonds. The summed E-state index contributed by atoms with van der Waals surface area (Å²) in [5, 5.41) is 12.6. The van der Waals surface area contributed by atoms with E-state index in [1.807, 2.05) is 0 Å². The van der Waals surface area contributed by atoms with Crippen LogP contribution in [-0.4, -0.2) is 30.2 Å². The summed E-state index contributed by atoms with van der Waals surface area (Å²) >= 11 is 5.70. The Balaban J connectivity index is 1.98. The fourth-order valence-electron chi connectivity index (χ4n) is 1.87. The maximum absolute atomic E-state index is 12.1. The van der Waals surface area contributed by atoms with E-state index in [4.69, 9.17) is 21.1 Å². The Labute approximate surface area is 144 Å². The quantitative estimate of drug-likeness (QED) is 0.809. The number of rotatable bonds is 5. The van der Waals surface area contributed by atoms with Gasteiger partial charge in [0.1, 0.15) is 17.1 Å². The van der Waals surface area contributed by atoms with Gasteiger partial charge in [-0.05, 0) is 49.4 Å². The number of esters is 1. The number of anilines is 1. The fourth-order valence-corrected chi connectivity index (χ4v) is 2.04. The Kier molecular flexibility index (Phi) is 5.65. The molecule has 0 spiro atoms. The highest BCUT2D eigenvalue weighted by Crippen LogP contribution is 2.23. The molecule has 0 unspecified atom stereocenters. The van der Waals surface area contributed by atoms with Crippen LogP contribution in [0, 0.1) is 0 Å². The van der Waals surface area contributed by atoms with Crippen molar-refractivity contribution in [3.8, 4) is 11.5 Å². The van der Waals surface area contributed by atoms with E-state index in [2.05, 4.69) is 5.32 Å². The van der Waals surface area contributed by atoms with Crippen LogP contribution in [0.3, 0.4) is 0 Å². The summed E-state index contributed by atoms with van der Waals surface area (Å²) in [4.78, 5) is 24.1. The molecule has 0 saturated carbocycles. The number of methoxy groups -OCH3 is 1. The van der Waals surface area contributed by atoms with Crippen LogP contribution in [0.15, 0.2) is 42.5 Å². The lowest BCUT2D eigenvalue weighted by atomic mass is 10.2. The number of ether oxygens (including phenoxy) is 2. The van der Waals surface area contributed by atoms with Gasteiger partial charge in [-0.15, -0.1) is 0 Å². The van der Waals surface area contributed by atoms with E-state index in [0.717, 1.165) is 0 Å². The maximum atomic E-state index is 12.1. The van der Waals surface area contributed by atoms with Crippen LogP contribution in [0.4, 0.5) is 5.69 Å². The van der Waals surface area contributed by atoms with Gasteiger partial charge in [-0.25, -0.2) is 4.79 Å². The zero-order valence-corrected chi connectivity index (χ0v) is 13.8. The summed E-state index contributed by atoms with van der Waals surface area (Å²) in [5.41, 5.74) is 0.474. The van der Waals surface area contributed by atoms with Crippen molar-refractivity contribution in [2.75, 3.05) is 12.4 Å². The molecule has 1 atom stereocenters. The van der Waals surface area contributed by atoms with Crippen molar-refractivity contribution < 1.29 is 24.2 Å². The van der Waals surface area contributed by atoms with Crippen LogP contribution >= 0.6 is 11.6 Å². The molecule has 0 aliphatic carbocycles. The molecular weight excluding hydrogens is 334 g/mol. The Morgan fingerprint density at radius 1 is 1.17 bits per heavy atom. The first-order valence-electron chi connectivity index (χ1n) is 7.05. The molecule has 0 radical (unpaired) electrons. The van der Waals surface area contributed by atoms with Crippen molar-refractivity contribution in [3.05, 3.63) is 53.1 Å². The number of carbonyl (C=O) groups is 2. The summed E-state index contributed by atoms with van der Waals surface area (Å²) < 4.78 is 10.1. The molecule has 0 saturated heterocycles. The SMILES string of the molecule is COc1ccc(NC(=O)[C@H](C)OC(=O)c2ccc(Cl)cc2O)cc1. The average Bonchev–Trinajstić information content (AvgIpc) is 2.55. The van der Waals surface area contributed by atoms with Crippen LogP contribution < -0.4 is 10.1 Å². The number of phenolic OH excluding ortho intramolecular Hbond substituents is 1. The minimum Gasteiger partial charge on any atom is -0.507 e. The third kappa shape index (κ3) is 4.39. The monoisotopic (exact) mass is 349 g/mol. The summed E-state index contributed by atoms with van der Waals surface area (Å²) in [7, 11) is 1.54. The first-order valence-corrected chi connectivity index (χ1v) is 7.43. The highest BCUT2D eigenvalue weighted by Gasteiger charge is 2.21. The molecule has 2 N–H and O–H groups in total. The Morgan fingerprint density at radius 2 is 1.83 bits per heavy atom. The zero-order chi connectivity index (χ0) is 17.7. The third-order valence-corrected chi connectivity index (χ3v) is 3.43. The van der Waals surface area contributed by atoms with Gasteiger partial charge in [0.25, 0.3) is 5.91 Å². The summed E-state index contributed by atoms with van der Waals surface area (Å²) in [5.74, 6) is -0.968. The van der Waals surface area contributed by atoms with Crippen LogP contribution in [0.25, 0.3) is 0 Å². The Morgan fingerprint density at radius 3 is 2.42 bits per heavy atom. The van der Waals surface area contributed by atoms with Crippen molar-refractivity contribution >= 4 is 29.2 Å². The van der Waals surface area contributed by atoms with Gasteiger partial charge in [0.05, 0.1) is 7.11 Å². The molecule has 0 fully saturated rings. The number of carbonyl (C=O) groups excluding carboxylic acids is 2. The number of nitrogens with one attached hydrogen (secondary N) is 1. The normalized spacial score (nSPS) is 11.5. The Hall–Kier alpha value is -2.73. The van der Waals surface area contributed by atoms with Crippen LogP contribution in [0.5, 0.6) is 11.5 Å². The van der Waals surface area contributed by atoms with Crippen molar-refractivity contribution in [1.82, 2.24) is 0 Å². The predicted octanol–water partition coefficient (Wildman–Crippen LogP) is 3.24. The van der Waals surface area contributed by atoms with Crippen molar-refractivity contribution in [2.45, 2.75) is 13.0 Å². The molecule has 2 rings (SSSR count). The van der Waals surface area contributed by atoms with Crippen molar-refractivity contribution in [1.29, 1.82) is 0 Å².